The molecule has 0 radical (unpaired) electrons. The first-order chi connectivity index (χ1) is 6.02. The topological polar surface area (TPSA) is 38.3 Å². The number of carbonyl (C=O) groups is 1. The first-order valence-corrected chi connectivity index (χ1v) is 5.58. The van der Waals surface area contributed by atoms with Crippen LogP contribution in [0.2, 0.25) is 0 Å². The Morgan fingerprint density at radius 1 is 1.54 bits per heavy atom. The Morgan fingerprint density at radius 2 is 2.15 bits per heavy atom. The Balaban J connectivity index is 3.62. The van der Waals surface area contributed by atoms with Gasteiger partial charge in [0.15, 0.2) is 0 Å². The van der Waals surface area contributed by atoms with E-state index in [1.54, 1.807) is 0 Å². The standard InChI is InChI=1S/C9H18BrNO2/c1-4-5-13-6-8(12)11-9(2,3)7-10/h4-7H2,1-3H3,(H,11,12). The van der Waals surface area contributed by atoms with Gasteiger partial charge in [-0.25, -0.2) is 0 Å². The van der Waals surface area contributed by atoms with Crippen molar-refractivity contribution in [3.05, 3.63) is 0 Å². The number of hydrogen-bond acceptors (Lipinski definition) is 2. The van der Waals surface area contributed by atoms with Gasteiger partial charge in [-0.1, -0.05) is 22.9 Å². The molecule has 78 valence electrons. The summed E-state index contributed by atoms with van der Waals surface area (Å²) in [6.07, 6.45) is 0.940. The number of ether oxygens (including phenoxy) is 1. The van der Waals surface area contributed by atoms with Crippen LogP contribution in [-0.2, 0) is 9.53 Å². The summed E-state index contributed by atoms with van der Waals surface area (Å²) in [7, 11) is 0. The lowest BCUT2D eigenvalue weighted by molar-refractivity contribution is -0.127. The van der Waals surface area contributed by atoms with E-state index in [-0.39, 0.29) is 18.1 Å². The molecule has 0 heterocycles. The second kappa shape index (κ2) is 6.38. The second-order valence-electron chi connectivity index (χ2n) is 3.62. The van der Waals surface area contributed by atoms with Crippen molar-refractivity contribution in [3.8, 4) is 0 Å². The van der Waals surface area contributed by atoms with Crippen molar-refractivity contribution >= 4 is 21.8 Å². The maximum absolute atomic E-state index is 11.2. The summed E-state index contributed by atoms with van der Waals surface area (Å²) in [5, 5.41) is 3.59. The molecule has 0 saturated heterocycles. The van der Waals surface area contributed by atoms with Gasteiger partial charge in [0.25, 0.3) is 0 Å². The lowest BCUT2D eigenvalue weighted by atomic mass is 10.1. The predicted octanol–water partition coefficient (Wildman–Crippen LogP) is 1.70. The molecule has 0 atom stereocenters. The lowest BCUT2D eigenvalue weighted by Gasteiger charge is -2.23. The zero-order chi connectivity index (χ0) is 10.3. The first-order valence-electron chi connectivity index (χ1n) is 4.46. The minimum Gasteiger partial charge on any atom is -0.372 e. The molecule has 0 aliphatic rings. The van der Waals surface area contributed by atoms with Gasteiger partial charge in [-0.2, -0.15) is 0 Å². The van der Waals surface area contributed by atoms with E-state index in [0.29, 0.717) is 6.61 Å². The molecule has 0 bridgehead atoms. The molecule has 0 unspecified atom stereocenters. The van der Waals surface area contributed by atoms with Crippen molar-refractivity contribution in [1.82, 2.24) is 5.32 Å². The third-order valence-electron chi connectivity index (χ3n) is 1.39. The molecular weight excluding hydrogens is 234 g/mol. The van der Waals surface area contributed by atoms with Gasteiger partial charge in [0.2, 0.25) is 5.91 Å². The Kier molecular flexibility index (Phi) is 6.33. The van der Waals surface area contributed by atoms with E-state index in [1.807, 2.05) is 20.8 Å². The Hall–Kier alpha value is -0.0900. The quantitative estimate of drug-likeness (QED) is 0.577. The normalized spacial score (nSPS) is 11.4. The summed E-state index contributed by atoms with van der Waals surface area (Å²) in [4.78, 5) is 11.2. The van der Waals surface area contributed by atoms with E-state index in [4.69, 9.17) is 4.74 Å². The van der Waals surface area contributed by atoms with Crippen LogP contribution in [0.5, 0.6) is 0 Å². The van der Waals surface area contributed by atoms with Crippen LogP contribution in [0.25, 0.3) is 0 Å². The average Bonchev–Trinajstić information content (AvgIpc) is 2.04. The number of amides is 1. The van der Waals surface area contributed by atoms with Gasteiger partial charge in [0.05, 0.1) is 0 Å². The zero-order valence-corrected chi connectivity index (χ0v) is 10.1. The van der Waals surface area contributed by atoms with E-state index in [9.17, 15) is 4.79 Å². The molecule has 0 aromatic rings. The van der Waals surface area contributed by atoms with Gasteiger partial charge >= 0.3 is 0 Å². The number of halogens is 1. The SMILES string of the molecule is CCCOCC(=O)NC(C)(C)CBr. The second-order valence-corrected chi connectivity index (χ2v) is 4.18. The van der Waals surface area contributed by atoms with Crippen molar-refractivity contribution in [2.24, 2.45) is 0 Å². The van der Waals surface area contributed by atoms with Gasteiger partial charge in [-0.05, 0) is 20.3 Å². The average molecular weight is 252 g/mol. The minimum atomic E-state index is -0.202. The first kappa shape index (κ1) is 12.9. The molecular formula is C9H18BrNO2. The minimum absolute atomic E-state index is 0.0575. The van der Waals surface area contributed by atoms with Crippen molar-refractivity contribution in [2.75, 3.05) is 18.5 Å². The van der Waals surface area contributed by atoms with Crippen LogP contribution >= 0.6 is 15.9 Å². The van der Waals surface area contributed by atoms with Gasteiger partial charge in [-0.3, -0.25) is 4.79 Å². The molecule has 0 aromatic heterocycles. The van der Waals surface area contributed by atoms with Gasteiger partial charge in [-0.15, -0.1) is 0 Å². The van der Waals surface area contributed by atoms with Crippen LogP contribution in [0.3, 0.4) is 0 Å². The van der Waals surface area contributed by atoms with E-state index in [1.165, 1.54) is 0 Å². The van der Waals surface area contributed by atoms with Crippen molar-refractivity contribution in [1.29, 1.82) is 0 Å². The monoisotopic (exact) mass is 251 g/mol. The third-order valence-corrected chi connectivity index (χ3v) is 2.80. The molecule has 13 heavy (non-hydrogen) atoms. The summed E-state index contributed by atoms with van der Waals surface area (Å²) < 4.78 is 5.11. The van der Waals surface area contributed by atoms with Crippen LogP contribution in [0.4, 0.5) is 0 Å². The number of carbonyl (C=O) groups excluding carboxylic acids is 1. The fourth-order valence-corrected chi connectivity index (χ4v) is 0.896. The summed E-state index contributed by atoms with van der Waals surface area (Å²) in [5.74, 6) is -0.0575. The number of hydrogen-bond donors (Lipinski definition) is 1. The molecule has 3 nitrogen and oxygen atoms in total. The van der Waals surface area contributed by atoms with Gasteiger partial charge < -0.3 is 10.1 Å². The lowest BCUT2D eigenvalue weighted by Crippen LogP contribution is -2.46. The van der Waals surface area contributed by atoms with Crippen molar-refractivity contribution in [2.45, 2.75) is 32.7 Å². The van der Waals surface area contributed by atoms with Crippen LogP contribution in [-0.4, -0.2) is 30.0 Å². The Morgan fingerprint density at radius 3 is 2.62 bits per heavy atom. The highest BCUT2D eigenvalue weighted by molar-refractivity contribution is 9.09. The van der Waals surface area contributed by atoms with Crippen LogP contribution < -0.4 is 5.32 Å². The van der Waals surface area contributed by atoms with Crippen LogP contribution in [0.15, 0.2) is 0 Å². The van der Waals surface area contributed by atoms with E-state index in [0.717, 1.165) is 11.8 Å². The number of nitrogens with one attached hydrogen (secondary N) is 1. The molecule has 1 amide bonds. The molecule has 0 fully saturated rings. The largest absolute Gasteiger partial charge is 0.372 e. The molecule has 0 aromatic carbocycles. The van der Waals surface area contributed by atoms with E-state index in [2.05, 4.69) is 21.2 Å². The van der Waals surface area contributed by atoms with E-state index < -0.39 is 0 Å². The molecule has 0 aliphatic carbocycles. The van der Waals surface area contributed by atoms with Gasteiger partial charge in [0, 0.05) is 17.5 Å². The third kappa shape index (κ3) is 7.02. The number of alkyl halides is 1. The maximum atomic E-state index is 11.2. The van der Waals surface area contributed by atoms with Crippen molar-refractivity contribution in [3.63, 3.8) is 0 Å². The molecule has 4 heteroatoms. The highest BCUT2D eigenvalue weighted by Gasteiger charge is 2.18. The van der Waals surface area contributed by atoms with Gasteiger partial charge in [0.1, 0.15) is 6.61 Å². The van der Waals surface area contributed by atoms with Crippen LogP contribution in [0, 0.1) is 0 Å². The highest BCUT2D eigenvalue weighted by Crippen LogP contribution is 2.05. The fraction of sp³-hybridized carbons (Fsp3) is 0.889. The fourth-order valence-electron chi connectivity index (χ4n) is 0.756. The van der Waals surface area contributed by atoms with Crippen molar-refractivity contribution < 1.29 is 9.53 Å². The van der Waals surface area contributed by atoms with Crippen LogP contribution in [0.1, 0.15) is 27.2 Å². The molecule has 0 rings (SSSR count). The number of rotatable bonds is 6. The molecule has 0 saturated carbocycles. The summed E-state index contributed by atoms with van der Waals surface area (Å²) in [5.41, 5.74) is -0.202. The Bertz CT molecular complexity index is 160. The Labute approximate surface area is 88.4 Å². The smallest absolute Gasteiger partial charge is 0.246 e. The summed E-state index contributed by atoms with van der Waals surface area (Å²) in [6, 6.07) is 0. The highest BCUT2D eigenvalue weighted by atomic mass is 79.9. The summed E-state index contributed by atoms with van der Waals surface area (Å²) >= 11 is 3.33. The zero-order valence-electron chi connectivity index (χ0n) is 8.52. The summed E-state index contributed by atoms with van der Waals surface area (Å²) in [6.45, 7) is 6.73. The molecule has 0 spiro atoms. The maximum Gasteiger partial charge on any atom is 0.246 e. The molecule has 0 aliphatic heterocycles. The predicted molar refractivity (Wildman–Crippen MR) is 57.1 cm³/mol. The molecule has 1 N–H and O–H groups in total. The van der Waals surface area contributed by atoms with E-state index >= 15 is 0 Å².